The summed E-state index contributed by atoms with van der Waals surface area (Å²) in [7, 11) is 0. The van der Waals surface area contributed by atoms with Crippen molar-refractivity contribution in [2.45, 2.75) is 39.5 Å². The van der Waals surface area contributed by atoms with Crippen molar-refractivity contribution in [3.63, 3.8) is 0 Å². The fourth-order valence-corrected chi connectivity index (χ4v) is 2.53. The third kappa shape index (κ3) is 3.27. The summed E-state index contributed by atoms with van der Waals surface area (Å²) in [5.74, 6) is 0. The van der Waals surface area contributed by atoms with Gasteiger partial charge in [-0.15, -0.1) is 11.3 Å². The van der Waals surface area contributed by atoms with Crippen LogP contribution in [-0.4, -0.2) is 23.2 Å². The van der Waals surface area contributed by atoms with Crippen LogP contribution in [0.1, 0.15) is 38.4 Å². The van der Waals surface area contributed by atoms with Crippen LogP contribution in [0.3, 0.4) is 0 Å². The average molecular weight is 242 g/mol. The Morgan fingerprint density at radius 1 is 1.38 bits per heavy atom. The lowest BCUT2D eigenvalue weighted by atomic mass is 9.88. The van der Waals surface area contributed by atoms with Crippen LogP contribution in [0, 0.1) is 5.41 Å². The Labute approximate surface area is 102 Å². The lowest BCUT2D eigenvalue weighted by molar-refractivity contribution is 0.149. The molecule has 0 aliphatic carbocycles. The lowest BCUT2D eigenvalue weighted by Crippen LogP contribution is -2.33. The highest BCUT2D eigenvalue weighted by atomic mass is 32.1. The molecule has 0 fully saturated rings. The summed E-state index contributed by atoms with van der Waals surface area (Å²) in [6.07, 6.45) is 0.751. The van der Waals surface area contributed by atoms with Crippen LogP contribution in [0.25, 0.3) is 0 Å². The zero-order valence-corrected chi connectivity index (χ0v) is 11.4. The molecule has 0 saturated carbocycles. The molecule has 1 unspecified atom stereocenters. The van der Waals surface area contributed by atoms with Crippen LogP contribution >= 0.6 is 11.3 Å². The molecule has 1 aromatic rings. The number of hydrogen-bond acceptors (Lipinski definition) is 4. The van der Waals surface area contributed by atoms with Crippen LogP contribution in [0.5, 0.6) is 0 Å². The van der Waals surface area contributed by atoms with E-state index >= 15 is 0 Å². The molecule has 3 nitrogen and oxygen atoms in total. The highest BCUT2D eigenvalue weighted by molar-refractivity contribution is 7.09. The van der Waals surface area contributed by atoms with E-state index in [2.05, 4.69) is 31.1 Å². The van der Waals surface area contributed by atoms with Gasteiger partial charge in [0.15, 0.2) is 0 Å². The summed E-state index contributed by atoms with van der Waals surface area (Å²) in [4.78, 5) is 4.61. The molecule has 3 N–H and O–H groups in total. The second-order valence-electron chi connectivity index (χ2n) is 5.73. The molecule has 1 atom stereocenters. The van der Waals surface area contributed by atoms with E-state index in [-0.39, 0.29) is 17.4 Å². The van der Waals surface area contributed by atoms with Crippen molar-refractivity contribution in [3.05, 3.63) is 16.1 Å². The van der Waals surface area contributed by atoms with E-state index in [1.54, 1.807) is 11.3 Å². The summed E-state index contributed by atoms with van der Waals surface area (Å²) < 4.78 is 0. The Kier molecular flexibility index (Phi) is 4.10. The number of thiazole rings is 1. The van der Waals surface area contributed by atoms with Crippen LogP contribution < -0.4 is 5.73 Å². The van der Waals surface area contributed by atoms with Gasteiger partial charge < -0.3 is 10.8 Å². The Hall–Kier alpha value is -0.450. The minimum Gasteiger partial charge on any atom is -0.396 e. The van der Waals surface area contributed by atoms with E-state index in [1.165, 1.54) is 0 Å². The van der Waals surface area contributed by atoms with E-state index < -0.39 is 0 Å². The van der Waals surface area contributed by atoms with Gasteiger partial charge in [-0.05, 0) is 0 Å². The molecule has 4 heteroatoms. The molecule has 1 heterocycles. The first-order chi connectivity index (χ1) is 7.30. The Morgan fingerprint density at radius 3 is 2.38 bits per heavy atom. The molecular formula is C12H22N2OS. The second-order valence-corrected chi connectivity index (χ2v) is 6.67. The Balaban J connectivity index is 2.80. The van der Waals surface area contributed by atoms with Crippen LogP contribution in [0.2, 0.25) is 0 Å². The Bertz CT molecular complexity index is 337. The van der Waals surface area contributed by atoms with Gasteiger partial charge in [-0.1, -0.05) is 27.7 Å². The monoisotopic (exact) mass is 242 g/mol. The molecule has 1 aromatic heterocycles. The maximum atomic E-state index is 9.31. The third-order valence-corrected chi connectivity index (χ3v) is 3.62. The minimum absolute atomic E-state index is 0.0904. The van der Waals surface area contributed by atoms with Gasteiger partial charge in [-0.2, -0.15) is 0 Å². The molecule has 0 aliphatic heterocycles. The van der Waals surface area contributed by atoms with Gasteiger partial charge in [-0.3, -0.25) is 0 Å². The summed E-state index contributed by atoms with van der Waals surface area (Å²) in [6.45, 7) is 9.03. The van der Waals surface area contributed by atoms with Crippen molar-refractivity contribution in [2.24, 2.45) is 11.1 Å². The topological polar surface area (TPSA) is 59.1 Å². The highest BCUT2D eigenvalue weighted by Crippen LogP contribution is 2.27. The average Bonchev–Trinajstić information content (AvgIpc) is 2.65. The van der Waals surface area contributed by atoms with Crippen molar-refractivity contribution in [1.82, 2.24) is 4.98 Å². The van der Waals surface area contributed by atoms with Gasteiger partial charge >= 0.3 is 0 Å². The summed E-state index contributed by atoms with van der Waals surface area (Å²) >= 11 is 1.66. The first-order valence-corrected chi connectivity index (χ1v) is 6.44. The number of aliphatic hydroxyl groups is 1. The predicted octanol–water partition coefficient (Wildman–Crippen LogP) is 1.94. The zero-order chi connectivity index (χ0) is 12.4. The zero-order valence-electron chi connectivity index (χ0n) is 10.6. The van der Waals surface area contributed by atoms with Crippen molar-refractivity contribution in [2.75, 3.05) is 13.2 Å². The van der Waals surface area contributed by atoms with Gasteiger partial charge in [0.1, 0.15) is 0 Å². The molecule has 1 rings (SSSR count). The molecule has 0 aromatic carbocycles. The second kappa shape index (κ2) is 4.82. The van der Waals surface area contributed by atoms with Crippen molar-refractivity contribution in [1.29, 1.82) is 0 Å². The quantitative estimate of drug-likeness (QED) is 0.848. The van der Waals surface area contributed by atoms with E-state index in [9.17, 15) is 5.11 Å². The lowest BCUT2D eigenvalue weighted by Gasteiger charge is -2.23. The van der Waals surface area contributed by atoms with Crippen molar-refractivity contribution in [3.8, 4) is 0 Å². The molecule has 0 bridgehead atoms. The number of rotatable bonds is 4. The maximum Gasteiger partial charge on any atom is 0.0935 e. The van der Waals surface area contributed by atoms with Crippen molar-refractivity contribution < 1.29 is 5.11 Å². The van der Waals surface area contributed by atoms with Crippen LogP contribution in [-0.2, 0) is 11.8 Å². The molecule has 16 heavy (non-hydrogen) atoms. The molecule has 0 spiro atoms. The highest BCUT2D eigenvalue weighted by Gasteiger charge is 2.25. The SMILES string of the molecule is CC(CN)(CO)Cc1nc(C(C)(C)C)cs1. The molecule has 92 valence electrons. The van der Waals surface area contributed by atoms with Gasteiger partial charge in [-0.25, -0.2) is 4.98 Å². The first kappa shape index (κ1) is 13.6. The normalized spacial score (nSPS) is 16.1. The fourth-order valence-electron chi connectivity index (χ4n) is 1.29. The third-order valence-electron chi connectivity index (χ3n) is 2.77. The summed E-state index contributed by atoms with van der Waals surface area (Å²) in [6, 6.07) is 0. The van der Waals surface area contributed by atoms with E-state index in [4.69, 9.17) is 5.73 Å². The van der Waals surface area contributed by atoms with E-state index in [0.29, 0.717) is 6.54 Å². The molecule has 0 saturated heterocycles. The smallest absolute Gasteiger partial charge is 0.0935 e. The van der Waals surface area contributed by atoms with E-state index in [0.717, 1.165) is 17.1 Å². The van der Waals surface area contributed by atoms with Gasteiger partial charge in [0.2, 0.25) is 0 Å². The number of aliphatic hydroxyl groups excluding tert-OH is 1. The molecular weight excluding hydrogens is 220 g/mol. The maximum absolute atomic E-state index is 9.31. The molecule has 0 amide bonds. The number of nitrogens with zero attached hydrogens (tertiary/aromatic N) is 1. The largest absolute Gasteiger partial charge is 0.396 e. The predicted molar refractivity (Wildman–Crippen MR) is 68.8 cm³/mol. The fraction of sp³-hybridized carbons (Fsp3) is 0.750. The number of hydrogen-bond donors (Lipinski definition) is 2. The molecule has 0 aliphatic rings. The van der Waals surface area contributed by atoms with Crippen LogP contribution in [0.4, 0.5) is 0 Å². The van der Waals surface area contributed by atoms with Crippen LogP contribution in [0.15, 0.2) is 5.38 Å². The molecule has 0 radical (unpaired) electrons. The standard InChI is InChI=1S/C12H22N2OS/c1-11(2,3)9-6-16-10(14-9)5-12(4,7-13)8-15/h6,15H,5,7-8,13H2,1-4H3. The van der Waals surface area contributed by atoms with Gasteiger partial charge in [0.05, 0.1) is 17.3 Å². The minimum atomic E-state index is -0.243. The number of aromatic nitrogens is 1. The number of nitrogens with two attached hydrogens (primary N) is 1. The van der Waals surface area contributed by atoms with E-state index in [1.807, 2.05) is 6.92 Å². The van der Waals surface area contributed by atoms with Gasteiger partial charge in [0, 0.05) is 29.2 Å². The first-order valence-electron chi connectivity index (χ1n) is 5.56. The summed E-state index contributed by atoms with van der Waals surface area (Å²) in [5.41, 5.74) is 6.64. The van der Waals surface area contributed by atoms with Crippen molar-refractivity contribution >= 4 is 11.3 Å². The summed E-state index contributed by atoms with van der Waals surface area (Å²) in [5, 5.41) is 12.5. The van der Waals surface area contributed by atoms with Gasteiger partial charge in [0.25, 0.3) is 0 Å². The Morgan fingerprint density at radius 2 is 2.00 bits per heavy atom.